The van der Waals surface area contributed by atoms with Gasteiger partial charge in [0.15, 0.2) is 0 Å². The van der Waals surface area contributed by atoms with Gasteiger partial charge in [-0.1, -0.05) is 42.5 Å². The fourth-order valence-corrected chi connectivity index (χ4v) is 3.33. The van der Waals surface area contributed by atoms with Crippen LogP contribution >= 0.6 is 11.3 Å². The largest absolute Gasteiger partial charge is 0.327 e. The van der Waals surface area contributed by atoms with Gasteiger partial charge in [0, 0.05) is 23.5 Å². The maximum absolute atomic E-state index is 6.26. The van der Waals surface area contributed by atoms with E-state index in [0.29, 0.717) is 0 Å². The van der Waals surface area contributed by atoms with Crippen LogP contribution in [0.5, 0.6) is 0 Å². The Bertz CT molecular complexity index is 718. The van der Waals surface area contributed by atoms with Gasteiger partial charge >= 0.3 is 0 Å². The molecule has 1 heterocycles. The first-order valence-corrected chi connectivity index (χ1v) is 7.73. The molecule has 3 rings (SSSR count). The van der Waals surface area contributed by atoms with E-state index in [-0.39, 0.29) is 6.04 Å². The monoisotopic (exact) mass is 282 g/mol. The number of rotatable bonds is 4. The van der Waals surface area contributed by atoms with Crippen LogP contribution in [-0.2, 0) is 12.8 Å². The quantitative estimate of drug-likeness (QED) is 0.792. The number of benzene rings is 2. The molecule has 0 aliphatic carbocycles. The second kappa shape index (κ2) is 5.73. The number of nitrogens with zero attached hydrogens (tertiary/aromatic N) is 1. The first-order valence-electron chi connectivity index (χ1n) is 6.85. The van der Waals surface area contributed by atoms with E-state index in [9.17, 15) is 0 Å². The van der Waals surface area contributed by atoms with Crippen LogP contribution in [0.4, 0.5) is 0 Å². The molecule has 0 aliphatic rings. The van der Waals surface area contributed by atoms with E-state index < -0.39 is 0 Å². The van der Waals surface area contributed by atoms with Crippen molar-refractivity contribution >= 4 is 22.1 Å². The molecule has 3 aromatic rings. The molecule has 0 radical (unpaired) electrons. The Balaban J connectivity index is 1.72. The van der Waals surface area contributed by atoms with Gasteiger partial charge < -0.3 is 5.73 Å². The molecule has 0 saturated heterocycles. The zero-order valence-corrected chi connectivity index (χ0v) is 12.4. The molecule has 3 heteroatoms. The first kappa shape index (κ1) is 13.3. The van der Waals surface area contributed by atoms with E-state index in [1.165, 1.54) is 16.3 Å². The Morgan fingerprint density at radius 2 is 1.90 bits per heavy atom. The van der Waals surface area contributed by atoms with Crippen LogP contribution < -0.4 is 5.73 Å². The minimum absolute atomic E-state index is 0.127. The van der Waals surface area contributed by atoms with Crippen LogP contribution in [0, 0.1) is 6.92 Å². The van der Waals surface area contributed by atoms with Crippen molar-refractivity contribution in [2.75, 3.05) is 0 Å². The highest BCUT2D eigenvalue weighted by molar-refractivity contribution is 7.09. The van der Waals surface area contributed by atoms with E-state index in [1.807, 2.05) is 6.92 Å². The normalized spacial score (nSPS) is 12.7. The molecule has 0 bridgehead atoms. The van der Waals surface area contributed by atoms with Gasteiger partial charge in [0.05, 0.1) is 5.01 Å². The van der Waals surface area contributed by atoms with Crippen LogP contribution in [-0.4, -0.2) is 11.0 Å². The van der Waals surface area contributed by atoms with Gasteiger partial charge in [-0.2, -0.15) is 0 Å². The fourth-order valence-electron chi connectivity index (χ4n) is 2.46. The Morgan fingerprint density at radius 3 is 2.65 bits per heavy atom. The third-order valence-electron chi connectivity index (χ3n) is 3.42. The number of aryl methyl sites for hydroxylation is 1. The molecule has 102 valence electrons. The fraction of sp³-hybridized carbons (Fsp3) is 0.235. The highest BCUT2D eigenvalue weighted by atomic mass is 32.1. The molecule has 2 aromatic carbocycles. The van der Waals surface area contributed by atoms with Crippen molar-refractivity contribution in [3.63, 3.8) is 0 Å². The SMILES string of the molecule is Cc1csc(CC(N)Cc2ccc3ccccc3c2)n1. The second-order valence-corrected chi connectivity index (χ2v) is 6.18. The summed E-state index contributed by atoms with van der Waals surface area (Å²) >= 11 is 1.70. The van der Waals surface area contributed by atoms with E-state index >= 15 is 0 Å². The smallest absolute Gasteiger partial charge is 0.0943 e. The molecule has 0 amide bonds. The molecule has 0 aliphatic heterocycles. The molecular weight excluding hydrogens is 264 g/mol. The van der Waals surface area contributed by atoms with Crippen LogP contribution in [0.2, 0.25) is 0 Å². The van der Waals surface area contributed by atoms with E-state index in [0.717, 1.165) is 23.5 Å². The average Bonchev–Trinajstić information content (AvgIpc) is 2.83. The second-order valence-electron chi connectivity index (χ2n) is 5.23. The Morgan fingerprint density at radius 1 is 1.10 bits per heavy atom. The van der Waals surface area contributed by atoms with E-state index in [1.54, 1.807) is 11.3 Å². The van der Waals surface area contributed by atoms with Gasteiger partial charge in [-0.15, -0.1) is 11.3 Å². The number of hydrogen-bond donors (Lipinski definition) is 1. The maximum Gasteiger partial charge on any atom is 0.0943 e. The Hall–Kier alpha value is -1.71. The number of hydrogen-bond acceptors (Lipinski definition) is 3. The third kappa shape index (κ3) is 3.06. The molecular formula is C17H18N2S. The number of thiazole rings is 1. The van der Waals surface area contributed by atoms with Gasteiger partial charge in [0.1, 0.15) is 0 Å². The average molecular weight is 282 g/mol. The summed E-state index contributed by atoms with van der Waals surface area (Å²) in [4.78, 5) is 4.48. The zero-order valence-electron chi connectivity index (χ0n) is 11.5. The Labute approximate surface area is 123 Å². The van der Waals surface area contributed by atoms with Gasteiger partial charge in [-0.3, -0.25) is 0 Å². The van der Waals surface area contributed by atoms with Gasteiger partial charge in [-0.25, -0.2) is 4.98 Å². The lowest BCUT2D eigenvalue weighted by atomic mass is 10.0. The van der Waals surface area contributed by atoms with Crippen LogP contribution in [0.1, 0.15) is 16.3 Å². The molecule has 2 nitrogen and oxygen atoms in total. The number of aromatic nitrogens is 1. The lowest BCUT2D eigenvalue weighted by molar-refractivity contribution is 0.662. The molecule has 1 unspecified atom stereocenters. The van der Waals surface area contributed by atoms with Gasteiger partial charge in [-0.05, 0) is 29.7 Å². The molecule has 0 fully saturated rings. The van der Waals surface area contributed by atoms with Crippen molar-refractivity contribution in [2.45, 2.75) is 25.8 Å². The molecule has 1 aromatic heterocycles. The molecule has 0 saturated carbocycles. The standard InChI is InChI=1S/C17H18N2S/c1-12-11-20-17(19-12)10-16(18)9-13-6-7-14-4-2-3-5-15(14)8-13/h2-8,11,16H,9-10,18H2,1H3. The Kier molecular flexibility index (Phi) is 3.81. The van der Waals surface area contributed by atoms with Crippen molar-refractivity contribution in [1.29, 1.82) is 0 Å². The summed E-state index contributed by atoms with van der Waals surface area (Å²) in [6.07, 6.45) is 1.74. The summed E-state index contributed by atoms with van der Waals surface area (Å²) in [7, 11) is 0. The van der Waals surface area contributed by atoms with Crippen molar-refractivity contribution in [1.82, 2.24) is 4.98 Å². The number of nitrogens with two attached hydrogens (primary N) is 1. The van der Waals surface area contributed by atoms with E-state index in [4.69, 9.17) is 5.73 Å². The predicted octanol–water partition coefficient (Wildman–Crippen LogP) is 3.72. The summed E-state index contributed by atoms with van der Waals surface area (Å²) in [6, 6.07) is 15.1. The summed E-state index contributed by atoms with van der Waals surface area (Å²) < 4.78 is 0. The molecule has 2 N–H and O–H groups in total. The van der Waals surface area contributed by atoms with Crippen molar-refractivity contribution in [3.8, 4) is 0 Å². The third-order valence-corrected chi connectivity index (χ3v) is 4.40. The highest BCUT2D eigenvalue weighted by Crippen LogP contribution is 2.18. The van der Waals surface area contributed by atoms with Crippen molar-refractivity contribution in [3.05, 3.63) is 64.1 Å². The van der Waals surface area contributed by atoms with Gasteiger partial charge in [0.2, 0.25) is 0 Å². The predicted molar refractivity (Wildman–Crippen MR) is 86.2 cm³/mol. The van der Waals surface area contributed by atoms with Crippen molar-refractivity contribution in [2.24, 2.45) is 5.73 Å². The first-order chi connectivity index (χ1) is 9.70. The zero-order chi connectivity index (χ0) is 13.9. The highest BCUT2D eigenvalue weighted by Gasteiger charge is 2.08. The minimum Gasteiger partial charge on any atom is -0.327 e. The number of fused-ring (bicyclic) bond motifs is 1. The molecule has 1 atom stereocenters. The van der Waals surface area contributed by atoms with Gasteiger partial charge in [0.25, 0.3) is 0 Å². The summed E-state index contributed by atoms with van der Waals surface area (Å²) in [5, 5.41) is 5.77. The molecule has 0 spiro atoms. The molecule has 20 heavy (non-hydrogen) atoms. The lowest BCUT2D eigenvalue weighted by Crippen LogP contribution is -2.25. The van der Waals surface area contributed by atoms with Crippen LogP contribution in [0.25, 0.3) is 10.8 Å². The lowest BCUT2D eigenvalue weighted by Gasteiger charge is -2.10. The van der Waals surface area contributed by atoms with E-state index in [2.05, 4.69) is 52.8 Å². The van der Waals surface area contributed by atoms with Crippen LogP contribution in [0.3, 0.4) is 0 Å². The maximum atomic E-state index is 6.26. The summed E-state index contributed by atoms with van der Waals surface area (Å²) in [5.41, 5.74) is 8.64. The summed E-state index contributed by atoms with van der Waals surface area (Å²) in [5.74, 6) is 0. The minimum atomic E-state index is 0.127. The van der Waals surface area contributed by atoms with Crippen LogP contribution in [0.15, 0.2) is 47.8 Å². The topological polar surface area (TPSA) is 38.9 Å². The van der Waals surface area contributed by atoms with Crippen molar-refractivity contribution < 1.29 is 0 Å². The summed E-state index contributed by atoms with van der Waals surface area (Å²) in [6.45, 7) is 2.02.